The van der Waals surface area contributed by atoms with Crippen LogP contribution in [0, 0.1) is 11.8 Å². The molecule has 0 unspecified atom stereocenters. The molecule has 0 heterocycles. The van der Waals surface area contributed by atoms with E-state index < -0.39 is 23.6 Å². The Morgan fingerprint density at radius 1 is 1.41 bits per heavy atom. The molecular weight excluding hydrogens is 284 g/mol. The molecule has 1 aliphatic rings. The van der Waals surface area contributed by atoms with Crippen molar-refractivity contribution in [3.05, 3.63) is 23.8 Å². The van der Waals surface area contributed by atoms with Gasteiger partial charge in [0.15, 0.2) is 0 Å². The van der Waals surface area contributed by atoms with Crippen LogP contribution in [0.25, 0.3) is 0 Å². The molecule has 0 amide bonds. The van der Waals surface area contributed by atoms with Gasteiger partial charge in [0.25, 0.3) is 0 Å². The molecule has 0 aromatic rings. The van der Waals surface area contributed by atoms with Gasteiger partial charge in [-0.25, -0.2) is 4.79 Å². The number of esters is 1. The lowest BCUT2D eigenvalue weighted by Gasteiger charge is -2.30. The van der Waals surface area contributed by atoms with Gasteiger partial charge in [0.05, 0.1) is 5.60 Å². The molecule has 0 aromatic carbocycles. The summed E-state index contributed by atoms with van der Waals surface area (Å²) in [5.41, 5.74) is -0.784. The van der Waals surface area contributed by atoms with E-state index in [1.165, 1.54) is 6.92 Å². The quantitative estimate of drug-likeness (QED) is 0.618. The number of hydrogen-bond acceptors (Lipinski definition) is 4. The minimum Gasteiger partial charge on any atom is -0.478 e. The first-order chi connectivity index (χ1) is 10.1. The van der Waals surface area contributed by atoms with Crippen LogP contribution >= 0.6 is 0 Å². The van der Waals surface area contributed by atoms with Crippen molar-refractivity contribution >= 4 is 11.9 Å². The molecule has 5 nitrogen and oxygen atoms in total. The van der Waals surface area contributed by atoms with Crippen molar-refractivity contribution in [3.8, 4) is 0 Å². The van der Waals surface area contributed by atoms with E-state index in [4.69, 9.17) is 4.74 Å². The second-order valence-corrected chi connectivity index (χ2v) is 6.46. The van der Waals surface area contributed by atoms with Gasteiger partial charge in [-0.3, -0.25) is 4.79 Å². The Kier molecular flexibility index (Phi) is 6.35. The summed E-state index contributed by atoms with van der Waals surface area (Å²) in [6, 6.07) is 0. The molecule has 2 N–H and O–H groups in total. The van der Waals surface area contributed by atoms with Crippen molar-refractivity contribution in [2.75, 3.05) is 0 Å². The molecule has 0 bridgehead atoms. The third-order valence-electron chi connectivity index (χ3n) is 3.93. The molecule has 0 aliphatic heterocycles. The van der Waals surface area contributed by atoms with Gasteiger partial charge < -0.3 is 14.9 Å². The van der Waals surface area contributed by atoms with E-state index in [1.807, 2.05) is 19.9 Å². The highest BCUT2D eigenvalue weighted by molar-refractivity contribution is 5.86. The minimum absolute atomic E-state index is 0.144. The summed E-state index contributed by atoms with van der Waals surface area (Å²) in [6.45, 7) is 6.98. The van der Waals surface area contributed by atoms with Crippen LogP contribution in [-0.2, 0) is 14.3 Å². The van der Waals surface area contributed by atoms with Crippen LogP contribution in [-0.4, -0.2) is 33.9 Å². The number of carboxylic acids is 1. The van der Waals surface area contributed by atoms with Crippen molar-refractivity contribution in [1.29, 1.82) is 0 Å². The first-order valence-electron chi connectivity index (χ1n) is 7.63. The Hall–Kier alpha value is -1.62. The number of aliphatic carboxylic acids is 1. The summed E-state index contributed by atoms with van der Waals surface area (Å²) in [6.07, 6.45) is 5.72. The standard InChI is InChI=1S/C17H26O5/c1-11(2)14-7-9-17(4,21)8-5-6-13(16(19)20)10-15(14)22-12(3)18/h6-7,9,11,14-15,21H,5,8,10H2,1-4H3,(H,19,20)/t14-,15+,17+/m0/s1. The van der Waals surface area contributed by atoms with Crippen LogP contribution in [0.15, 0.2) is 23.8 Å². The molecule has 3 atom stereocenters. The van der Waals surface area contributed by atoms with Gasteiger partial charge in [-0.1, -0.05) is 32.1 Å². The number of carbonyl (C=O) groups is 2. The van der Waals surface area contributed by atoms with E-state index in [2.05, 4.69) is 0 Å². The predicted octanol–water partition coefficient (Wildman–Crippen LogP) is 2.69. The highest BCUT2D eigenvalue weighted by Gasteiger charge is 2.30. The minimum atomic E-state index is -1.01. The smallest absolute Gasteiger partial charge is 0.331 e. The largest absolute Gasteiger partial charge is 0.478 e. The number of carbonyl (C=O) groups excluding carboxylic acids is 1. The normalized spacial score (nSPS) is 29.8. The average Bonchev–Trinajstić information content (AvgIpc) is 2.35. The Bertz CT molecular complexity index is 473. The molecule has 0 fully saturated rings. The lowest BCUT2D eigenvalue weighted by molar-refractivity contribution is -0.149. The van der Waals surface area contributed by atoms with Gasteiger partial charge in [-0.05, 0) is 25.7 Å². The van der Waals surface area contributed by atoms with Crippen LogP contribution in [0.4, 0.5) is 0 Å². The Balaban J connectivity index is 3.21. The Morgan fingerprint density at radius 3 is 2.55 bits per heavy atom. The lowest BCUT2D eigenvalue weighted by atomic mass is 9.83. The van der Waals surface area contributed by atoms with Crippen LogP contribution in [0.2, 0.25) is 0 Å². The molecule has 0 radical (unpaired) electrons. The van der Waals surface area contributed by atoms with Crippen LogP contribution in [0.3, 0.4) is 0 Å². The van der Waals surface area contributed by atoms with Crippen molar-refractivity contribution < 1.29 is 24.5 Å². The van der Waals surface area contributed by atoms with E-state index in [-0.39, 0.29) is 23.8 Å². The molecule has 5 heteroatoms. The molecule has 124 valence electrons. The first kappa shape index (κ1) is 18.4. The van der Waals surface area contributed by atoms with Crippen molar-refractivity contribution in [2.24, 2.45) is 11.8 Å². The second-order valence-electron chi connectivity index (χ2n) is 6.46. The number of rotatable bonds is 3. The van der Waals surface area contributed by atoms with Crippen molar-refractivity contribution in [1.82, 2.24) is 0 Å². The summed E-state index contributed by atoms with van der Waals surface area (Å²) in [5, 5.41) is 19.7. The fourth-order valence-corrected chi connectivity index (χ4v) is 2.66. The highest BCUT2D eigenvalue weighted by Crippen LogP contribution is 2.29. The molecule has 0 saturated heterocycles. The summed E-state index contributed by atoms with van der Waals surface area (Å²) in [5.74, 6) is -1.46. The summed E-state index contributed by atoms with van der Waals surface area (Å²) in [4.78, 5) is 22.8. The van der Waals surface area contributed by atoms with Crippen LogP contribution in [0.1, 0.15) is 47.0 Å². The zero-order chi connectivity index (χ0) is 16.9. The third kappa shape index (κ3) is 5.64. The van der Waals surface area contributed by atoms with Gasteiger partial charge in [0.2, 0.25) is 0 Å². The van der Waals surface area contributed by atoms with Crippen LogP contribution in [0.5, 0.6) is 0 Å². The van der Waals surface area contributed by atoms with Crippen molar-refractivity contribution in [3.63, 3.8) is 0 Å². The number of allylic oxidation sites excluding steroid dienone is 1. The maximum atomic E-state index is 11.4. The van der Waals surface area contributed by atoms with Gasteiger partial charge in [0.1, 0.15) is 6.10 Å². The molecule has 0 aromatic heterocycles. The maximum absolute atomic E-state index is 11.4. The number of hydrogen-bond donors (Lipinski definition) is 2. The van der Waals surface area contributed by atoms with E-state index in [0.717, 1.165) is 0 Å². The molecule has 0 saturated carbocycles. The average molecular weight is 310 g/mol. The van der Waals surface area contributed by atoms with Gasteiger partial charge in [-0.15, -0.1) is 0 Å². The zero-order valence-electron chi connectivity index (χ0n) is 13.7. The lowest BCUT2D eigenvalue weighted by Crippen LogP contribution is -2.32. The van der Waals surface area contributed by atoms with E-state index in [1.54, 1.807) is 19.1 Å². The number of carboxylic acid groups (broad SMARTS) is 1. The molecular formula is C17H26O5. The molecule has 0 spiro atoms. The monoisotopic (exact) mass is 310 g/mol. The molecule has 1 rings (SSSR count). The Labute approximate surface area is 131 Å². The third-order valence-corrected chi connectivity index (χ3v) is 3.93. The van der Waals surface area contributed by atoms with Gasteiger partial charge >= 0.3 is 11.9 Å². The summed E-state index contributed by atoms with van der Waals surface area (Å²) >= 11 is 0. The summed E-state index contributed by atoms with van der Waals surface area (Å²) < 4.78 is 5.37. The fraction of sp³-hybridized carbons (Fsp3) is 0.647. The fourth-order valence-electron chi connectivity index (χ4n) is 2.66. The van der Waals surface area contributed by atoms with Crippen molar-refractivity contribution in [2.45, 2.75) is 58.7 Å². The number of ether oxygens (including phenoxy) is 1. The predicted molar refractivity (Wildman–Crippen MR) is 83.2 cm³/mol. The van der Waals surface area contributed by atoms with Gasteiger partial charge in [0, 0.05) is 24.8 Å². The van der Waals surface area contributed by atoms with Gasteiger partial charge in [-0.2, -0.15) is 0 Å². The highest BCUT2D eigenvalue weighted by atomic mass is 16.5. The molecule has 1 aliphatic carbocycles. The zero-order valence-corrected chi connectivity index (χ0v) is 13.7. The summed E-state index contributed by atoms with van der Waals surface area (Å²) in [7, 11) is 0. The van der Waals surface area contributed by atoms with E-state index in [0.29, 0.717) is 12.8 Å². The Morgan fingerprint density at radius 2 is 2.05 bits per heavy atom. The van der Waals surface area contributed by atoms with Crippen LogP contribution < -0.4 is 0 Å². The molecule has 22 heavy (non-hydrogen) atoms. The van der Waals surface area contributed by atoms with E-state index in [9.17, 15) is 19.8 Å². The number of aliphatic hydroxyl groups is 1. The van der Waals surface area contributed by atoms with E-state index >= 15 is 0 Å². The topological polar surface area (TPSA) is 83.8 Å². The maximum Gasteiger partial charge on any atom is 0.331 e. The first-order valence-corrected chi connectivity index (χ1v) is 7.63. The second kappa shape index (κ2) is 7.58. The SMILES string of the molecule is CC(=O)O[C@@H]1CC(C(=O)O)=CCC[C@@](C)(O)C=C[C@H]1C(C)C.